The van der Waals surface area contributed by atoms with Crippen molar-refractivity contribution in [2.45, 2.75) is 12.5 Å². The van der Waals surface area contributed by atoms with E-state index in [1.54, 1.807) is 12.1 Å². The van der Waals surface area contributed by atoms with Gasteiger partial charge in [0.25, 0.3) is 0 Å². The van der Waals surface area contributed by atoms with Crippen LogP contribution in [0.15, 0.2) is 24.3 Å². The maximum atomic E-state index is 11.8. The molecule has 0 saturated heterocycles. The topological polar surface area (TPSA) is 119 Å². The summed E-state index contributed by atoms with van der Waals surface area (Å²) in [5.74, 6) is -0.517. The lowest BCUT2D eigenvalue weighted by Crippen LogP contribution is -2.35. The Balaban J connectivity index is 2.16. The third-order valence-electron chi connectivity index (χ3n) is 3.36. The van der Waals surface area contributed by atoms with Crippen molar-refractivity contribution in [3.8, 4) is 17.2 Å². The van der Waals surface area contributed by atoms with Crippen LogP contribution in [0, 0.1) is 14.3 Å². The van der Waals surface area contributed by atoms with Crippen molar-refractivity contribution in [3.63, 3.8) is 0 Å². The van der Waals surface area contributed by atoms with E-state index in [9.17, 15) is 14.7 Å². The molecular weight excluding hydrogens is 822 g/mol. The molecule has 0 heterocycles. The van der Waals surface area contributed by atoms with Crippen molar-refractivity contribution in [2.24, 2.45) is 5.73 Å². The molecule has 0 aliphatic rings. The van der Waals surface area contributed by atoms with Crippen LogP contribution in [0.4, 0.5) is 0 Å². The lowest BCUT2D eigenvalue weighted by atomic mass is 10.1. The second-order valence-corrected chi connectivity index (χ2v) is 10.2. The van der Waals surface area contributed by atoms with E-state index in [-0.39, 0.29) is 12.2 Å². The van der Waals surface area contributed by atoms with Gasteiger partial charge in [0.1, 0.15) is 17.5 Å². The van der Waals surface area contributed by atoms with Crippen LogP contribution in [0.3, 0.4) is 0 Å². The van der Waals surface area contributed by atoms with Gasteiger partial charge in [-0.25, -0.2) is 4.79 Å². The number of hydrogen-bond acceptors (Lipinski definition) is 6. The van der Waals surface area contributed by atoms with Gasteiger partial charge in [-0.05, 0) is 127 Å². The number of halogens is 4. The Labute approximate surface area is 215 Å². The number of aromatic hydroxyl groups is 1. The molecule has 2 aromatic carbocycles. The second-order valence-electron chi connectivity index (χ2n) is 5.54. The predicted molar refractivity (Wildman–Crippen MR) is 136 cm³/mol. The van der Waals surface area contributed by atoms with Crippen LogP contribution in [0.1, 0.15) is 5.56 Å². The second kappa shape index (κ2) is 10.8. The van der Waals surface area contributed by atoms with Gasteiger partial charge in [0.15, 0.2) is 12.4 Å². The summed E-state index contributed by atoms with van der Waals surface area (Å²) in [4.78, 5) is 22.2. The fourth-order valence-electron chi connectivity index (χ4n) is 2.12. The summed E-state index contributed by atoms with van der Waals surface area (Å²) < 4.78 is 13.6. The molecule has 0 saturated carbocycles. The number of rotatable bonds is 7. The quantitative estimate of drug-likeness (QED) is 0.284. The number of phenols is 1. The minimum atomic E-state index is -1.23. The summed E-state index contributed by atoms with van der Waals surface area (Å²) in [5.41, 5.74) is 6.62. The summed E-state index contributed by atoms with van der Waals surface area (Å²) in [6, 6.07) is 6.22. The zero-order valence-electron chi connectivity index (χ0n) is 13.9. The number of ether oxygens (including phenoxy) is 2. The highest BCUT2D eigenvalue weighted by Crippen LogP contribution is 2.36. The molecular formula is C17H13I4NO6. The molecule has 11 heteroatoms. The van der Waals surface area contributed by atoms with Crippen molar-refractivity contribution in [2.75, 3.05) is 6.61 Å². The van der Waals surface area contributed by atoms with Gasteiger partial charge in [0, 0.05) is 0 Å². The third kappa shape index (κ3) is 6.69. The molecule has 4 N–H and O–H groups in total. The normalized spacial score (nSPS) is 11.8. The van der Waals surface area contributed by atoms with Crippen LogP contribution < -0.4 is 10.5 Å². The molecule has 0 spiro atoms. The average Bonchev–Trinajstić information content (AvgIpc) is 2.60. The lowest BCUT2D eigenvalue weighted by Gasteiger charge is -2.15. The first kappa shape index (κ1) is 24.1. The van der Waals surface area contributed by atoms with Crippen LogP contribution in [0.25, 0.3) is 0 Å². The fourth-order valence-corrected chi connectivity index (χ4v) is 5.95. The standard InChI is InChI=1S/C17H13I4NO6/c18-9-4-8(5-10(19)15(9)25)28-16-11(20)1-7(2-12(16)21)3-13(22)17(26)27-6-14(23)24/h1-2,4-5,13,25H,3,6,22H2,(H,23,24)/t13-/m0/s1. The van der Waals surface area contributed by atoms with E-state index >= 15 is 0 Å². The van der Waals surface area contributed by atoms with Crippen LogP contribution in [0.2, 0.25) is 0 Å². The van der Waals surface area contributed by atoms with Crippen molar-refractivity contribution < 1.29 is 29.3 Å². The maximum absolute atomic E-state index is 11.8. The zero-order valence-corrected chi connectivity index (χ0v) is 22.5. The SMILES string of the molecule is N[C@@H](Cc1cc(I)c(Oc2cc(I)c(O)c(I)c2)c(I)c1)C(=O)OCC(=O)O. The van der Waals surface area contributed by atoms with E-state index < -0.39 is 24.6 Å². The lowest BCUT2D eigenvalue weighted by molar-refractivity contribution is -0.156. The Morgan fingerprint density at radius 1 is 1.00 bits per heavy atom. The Bertz CT molecular complexity index is 875. The van der Waals surface area contributed by atoms with Gasteiger partial charge in [-0.2, -0.15) is 0 Å². The number of carbonyl (C=O) groups excluding carboxylic acids is 1. The molecule has 0 unspecified atom stereocenters. The zero-order chi connectivity index (χ0) is 21.0. The molecule has 0 fully saturated rings. The minimum absolute atomic E-state index is 0.208. The van der Waals surface area contributed by atoms with Crippen LogP contribution in [-0.2, 0) is 20.7 Å². The molecule has 28 heavy (non-hydrogen) atoms. The van der Waals surface area contributed by atoms with Gasteiger partial charge in [-0.15, -0.1) is 0 Å². The molecule has 0 bridgehead atoms. The van der Waals surface area contributed by atoms with Gasteiger partial charge in [-0.3, -0.25) is 4.79 Å². The summed E-state index contributed by atoms with van der Waals surface area (Å²) >= 11 is 8.34. The van der Waals surface area contributed by atoms with Crippen molar-refractivity contribution in [1.82, 2.24) is 0 Å². The smallest absolute Gasteiger partial charge is 0.341 e. The van der Waals surface area contributed by atoms with E-state index in [0.29, 0.717) is 18.6 Å². The molecule has 7 nitrogen and oxygen atoms in total. The molecule has 0 aliphatic carbocycles. The van der Waals surface area contributed by atoms with Crippen molar-refractivity contribution >= 4 is 102 Å². The average molecular weight is 835 g/mol. The number of esters is 1. The van der Waals surface area contributed by atoms with Crippen molar-refractivity contribution in [3.05, 3.63) is 44.1 Å². The molecule has 2 rings (SSSR count). The third-order valence-corrected chi connectivity index (χ3v) is 6.61. The van der Waals surface area contributed by atoms with Gasteiger partial charge in [0.2, 0.25) is 0 Å². The first-order valence-electron chi connectivity index (χ1n) is 7.56. The van der Waals surface area contributed by atoms with Crippen molar-refractivity contribution in [1.29, 1.82) is 0 Å². The highest BCUT2D eigenvalue weighted by molar-refractivity contribution is 14.1. The number of carbonyl (C=O) groups is 2. The summed E-state index contributed by atoms with van der Waals surface area (Å²) in [7, 11) is 0. The predicted octanol–water partition coefficient (Wildman–Crippen LogP) is 4.10. The van der Waals surface area contributed by atoms with E-state index in [1.165, 1.54) is 0 Å². The van der Waals surface area contributed by atoms with E-state index in [4.69, 9.17) is 15.6 Å². The van der Waals surface area contributed by atoms with E-state index in [0.717, 1.165) is 12.7 Å². The minimum Gasteiger partial charge on any atom is -0.506 e. The van der Waals surface area contributed by atoms with Crippen LogP contribution >= 0.6 is 90.4 Å². The van der Waals surface area contributed by atoms with E-state index in [1.807, 2.05) is 57.3 Å². The molecule has 0 aromatic heterocycles. The monoisotopic (exact) mass is 835 g/mol. The molecule has 0 aliphatic heterocycles. The summed E-state index contributed by atoms with van der Waals surface area (Å²) in [5, 5.41) is 18.4. The number of carboxylic acids is 1. The first-order valence-corrected chi connectivity index (χ1v) is 11.9. The molecule has 2 aromatic rings. The van der Waals surface area contributed by atoms with Gasteiger partial charge in [-0.1, -0.05) is 0 Å². The Kier molecular flexibility index (Phi) is 9.27. The van der Waals surface area contributed by atoms with Crippen LogP contribution in [0.5, 0.6) is 17.2 Å². The number of carboxylic acid groups (broad SMARTS) is 1. The van der Waals surface area contributed by atoms with Gasteiger partial charge >= 0.3 is 11.9 Å². The number of aliphatic carboxylic acids is 1. The van der Waals surface area contributed by atoms with Crippen LogP contribution in [-0.4, -0.2) is 34.8 Å². The maximum Gasteiger partial charge on any atom is 0.341 e. The molecule has 150 valence electrons. The Hall–Kier alpha value is -0.140. The van der Waals surface area contributed by atoms with E-state index in [2.05, 4.69) is 49.9 Å². The van der Waals surface area contributed by atoms with Gasteiger partial charge in [0.05, 0.1) is 14.3 Å². The Morgan fingerprint density at radius 2 is 1.54 bits per heavy atom. The summed E-state index contributed by atoms with van der Waals surface area (Å²) in [6.45, 7) is -0.710. The highest BCUT2D eigenvalue weighted by atomic mass is 127. The first-order chi connectivity index (χ1) is 13.1. The highest BCUT2D eigenvalue weighted by Gasteiger charge is 2.19. The Morgan fingerprint density at radius 3 is 2.04 bits per heavy atom. The summed E-state index contributed by atoms with van der Waals surface area (Å²) in [6.07, 6.45) is 0.208. The number of hydrogen-bond donors (Lipinski definition) is 3. The molecule has 1 atom stereocenters. The number of benzene rings is 2. The molecule has 0 radical (unpaired) electrons. The number of nitrogens with two attached hydrogens (primary N) is 1. The molecule has 0 amide bonds. The fraction of sp³-hybridized carbons (Fsp3) is 0.176. The number of phenolic OH excluding ortho intramolecular Hbond substituents is 1. The largest absolute Gasteiger partial charge is 0.506 e. The van der Waals surface area contributed by atoms with Gasteiger partial charge < -0.3 is 25.4 Å².